The molecule has 1 aliphatic rings. The summed E-state index contributed by atoms with van der Waals surface area (Å²) in [5, 5.41) is 3.33. The van der Waals surface area contributed by atoms with Gasteiger partial charge < -0.3 is 5.32 Å². The smallest absolute Gasteiger partial charge is 0.196 e. The lowest BCUT2D eigenvalue weighted by Crippen LogP contribution is -2.22. The maximum absolute atomic E-state index is 12.5. The van der Waals surface area contributed by atoms with Crippen molar-refractivity contribution >= 4 is 28.9 Å². The molecule has 0 amide bonds. The Bertz CT molecular complexity index is 722. The van der Waals surface area contributed by atoms with Gasteiger partial charge in [-0.25, -0.2) is 0 Å². The van der Waals surface area contributed by atoms with E-state index in [4.69, 9.17) is 11.6 Å². The molecule has 94 valence electrons. The quantitative estimate of drug-likeness (QED) is 0.739. The van der Waals surface area contributed by atoms with Crippen LogP contribution in [0.4, 0.5) is 5.69 Å². The molecule has 3 nitrogen and oxygen atoms in total. The molecule has 0 saturated carbocycles. The van der Waals surface area contributed by atoms with Crippen molar-refractivity contribution in [3.8, 4) is 0 Å². The van der Waals surface area contributed by atoms with Crippen LogP contribution >= 0.6 is 11.6 Å². The van der Waals surface area contributed by atoms with Crippen LogP contribution in [0.2, 0.25) is 5.02 Å². The summed E-state index contributed by atoms with van der Waals surface area (Å²) >= 11 is 6.08. The molecule has 0 spiro atoms. The third-order valence-electron chi connectivity index (χ3n) is 3.29. The van der Waals surface area contributed by atoms with E-state index in [2.05, 4.69) is 5.32 Å². The molecule has 4 heteroatoms. The maximum Gasteiger partial charge on any atom is 0.196 e. The average molecular weight is 272 g/mol. The number of ketones is 2. The summed E-state index contributed by atoms with van der Waals surface area (Å²) in [5.41, 5.74) is 2.14. The second-order valence-corrected chi connectivity index (χ2v) is 4.71. The number of benzene rings is 2. The van der Waals surface area contributed by atoms with Crippen LogP contribution in [0.15, 0.2) is 36.4 Å². The van der Waals surface area contributed by atoms with Crippen molar-refractivity contribution in [1.29, 1.82) is 0 Å². The number of anilines is 1. The molecule has 0 radical (unpaired) electrons. The van der Waals surface area contributed by atoms with Gasteiger partial charge in [0.05, 0.1) is 16.3 Å². The molecule has 0 saturated heterocycles. The van der Waals surface area contributed by atoms with Crippen molar-refractivity contribution in [2.45, 2.75) is 0 Å². The van der Waals surface area contributed by atoms with Crippen LogP contribution < -0.4 is 5.32 Å². The lowest BCUT2D eigenvalue weighted by atomic mass is 9.83. The summed E-state index contributed by atoms with van der Waals surface area (Å²) in [6, 6.07) is 10.1. The molecule has 0 bridgehead atoms. The van der Waals surface area contributed by atoms with Gasteiger partial charge in [0.2, 0.25) is 0 Å². The van der Waals surface area contributed by atoms with Crippen LogP contribution in [0.25, 0.3) is 0 Å². The summed E-state index contributed by atoms with van der Waals surface area (Å²) in [4.78, 5) is 24.9. The maximum atomic E-state index is 12.5. The Morgan fingerprint density at radius 3 is 2.16 bits per heavy atom. The molecule has 0 atom stereocenters. The molecule has 19 heavy (non-hydrogen) atoms. The minimum Gasteiger partial charge on any atom is -0.386 e. The predicted molar refractivity (Wildman–Crippen MR) is 74.3 cm³/mol. The monoisotopic (exact) mass is 271 g/mol. The van der Waals surface area contributed by atoms with E-state index in [0.717, 1.165) is 0 Å². The number of nitrogens with one attached hydrogen (secondary N) is 1. The van der Waals surface area contributed by atoms with E-state index in [-0.39, 0.29) is 11.6 Å². The van der Waals surface area contributed by atoms with Crippen molar-refractivity contribution in [3.05, 3.63) is 63.7 Å². The Morgan fingerprint density at radius 1 is 0.895 bits per heavy atom. The molecule has 1 aliphatic carbocycles. The number of hydrogen-bond acceptors (Lipinski definition) is 3. The van der Waals surface area contributed by atoms with Crippen molar-refractivity contribution in [2.24, 2.45) is 0 Å². The lowest BCUT2D eigenvalue weighted by Gasteiger charge is -2.20. The van der Waals surface area contributed by atoms with Crippen molar-refractivity contribution in [1.82, 2.24) is 0 Å². The Hall–Kier alpha value is -2.13. The van der Waals surface area contributed by atoms with E-state index in [9.17, 15) is 9.59 Å². The van der Waals surface area contributed by atoms with Gasteiger partial charge in [-0.3, -0.25) is 9.59 Å². The predicted octanol–water partition coefficient (Wildman–Crippen LogP) is 3.16. The van der Waals surface area contributed by atoms with Gasteiger partial charge in [0.15, 0.2) is 11.6 Å². The van der Waals surface area contributed by atoms with Crippen LogP contribution in [-0.4, -0.2) is 18.6 Å². The zero-order valence-corrected chi connectivity index (χ0v) is 10.9. The van der Waals surface area contributed by atoms with Gasteiger partial charge in [-0.15, -0.1) is 0 Å². The molecule has 0 unspecified atom stereocenters. The van der Waals surface area contributed by atoms with Crippen LogP contribution in [-0.2, 0) is 0 Å². The number of halogens is 1. The Labute approximate surface area is 115 Å². The average Bonchev–Trinajstić information content (AvgIpc) is 2.44. The van der Waals surface area contributed by atoms with E-state index in [1.54, 1.807) is 43.4 Å². The molecule has 1 N–H and O–H groups in total. The Morgan fingerprint density at radius 2 is 1.53 bits per heavy atom. The largest absolute Gasteiger partial charge is 0.386 e. The molecule has 0 fully saturated rings. The molecule has 2 aromatic carbocycles. The van der Waals surface area contributed by atoms with Crippen LogP contribution in [0.3, 0.4) is 0 Å². The SMILES string of the molecule is CNc1c(Cl)ccc2c1C(=O)c1ccccc1C2=O. The minimum atomic E-state index is -0.169. The summed E-state index contributed by atoms with van der Waals surface area (Å²) in [5.74, 6) is -0.310. The topological polar surface area (TPSA) is 46.2 Å². The standard InChI is InChI=1S/C15H10ClNO2/c1-17-13-11(16)7-6-10-12(13)15(19)9-5-3-2-4-8(9)14(10)18/h2-7,17H,1H3. The van der Waals surface area contributed by atoms with Crippen molar-refractivity contribution in [2.75, 3.05) is 12.4 Å². The fourth-order valence-corrected chi connectivity index (χ4v) is 2.66. The Balaban J connectivity index is 2.36. The third kappa shape index (κ3) is 1.59. The molecule has 0 heterocycles. The second kappa shape index (κ2) is 4.21. The highest BCUT2D eigenvalue weighted by atomic mass is 35.5. The van der Waals surface area contributed by atoms with Gasteiger partial charge in [0, 0.05) is 23.7 Å². The first-order valence-corrected chi connectivity index (χ1v) is 6.21. The van der Waals surface area contributed by atoms with E-state index in [1.165, 1.54) is 0 Å². The van der Waals surface area contributed by atoms with E-state index in [1.807, 2.05) is 0 Å². The molecule has 0 aromatic heterocycles. The molecular weight excluding hydrogens is 262 g/mol. The highest BCUT2D eigenvalue weighted by Gasteiger charge is 2.31. The molecule has 3 rings (SSSR count). The van der Waals surface area contributed by atoms with Gasteiger partial charge >= 0.3 is 0 Å². The second-order valence-electron chi connectivity index (χ2n) is 4.30. The summed E-state index contributed by atoms with van der Waals surface area (Å²) in [6.45, 7) is 0. The summed E-state index contributed by atoms with van der Waals surface area (Å²) < 4.78 is 0. The van der Waals surface area contributed by atoms with E-state index in [0.29, 0.717) is 33.0 Å². The van der Waals surface area contributed by atoms with Crippen molar-refractivity contribution < 1.29 is 9.59 Å². The van der Waals surface area contributed by atoms with Gasteiger partial charge in [-0.2, -0.15) is 0 Å². The van der Waals surface area contributed by atoms with Gasteiger partial charge in [0.1, 0.15) is 0 Å². The first kappa shape index (κ1) is 11.9. The number of fused-ring (bicyclic) bond motifs is 2. The highest BCUT2D eigenvalue weighted by Crippen LogP contribution is 2.35. The number of carbonyl (C=O) groups is 2. The summed E-state index contributed by atoms with van der Waals surface area (Å²) in [7, 11) is 1.68. The van der Waals surface area contributed by atoms with Crippen LogP contribution in [0.5, 0.6) is 0 Å². The number of hydrogen-bond donors (Lipinski definition) is 1. The number of carbonyl (C=O) groups excluding carboxylic acids is 2. The third-order valence-corrected chi connectivity index (χ3v) is 3.61. The lowest BCUT2D eigenvalue weighted by molar-refractivity contribution is 0.0979. The Kier molecular flexibility index (Phi) is 2.64. The highest BCUT2D eigenvalue weighted by molar-refractivity contribution is 6.37. The van der Waals surface area contributed by atoms with E-state index >= 15 is 0 Å². The first-order valence-electron chi connectivity index (χ1n) is 5.84. The summed E-state index contributed by atoms with van der Waals surface area (Å²) in [6.07, 6.45) is 0. The zero-order valence-electron chi connectivity index (χ0n) is 10.2. The van der Waals surface area contributed by atoms with Crippen molar-refractivity contribution in [3.63, 3.8) is 0 Å². The van der Waals surface area contributed by atoms with Gasteiger partial charge in [0.25, 0.3) is 0 Å². The first-order chi connectivity index (χ1) is 9.15. The van der Waals surface area contributed by atoms with Crippen LogP contribution in [0.1, 0.15) is 31.8 Å². The molecular formula is C15H10ClNO2. The normalized spacial score (nSPS) is 12.9. The zero-order chi connectivity index (χ0) is 13.6. The fourth-order valence-electron chi connectivity index (χ4n) is 2.41. The number of rotatable bonds is 1. The van der Waals surface area contributed by atoms with Gasteiger partial charge in [-0.05, 0) is 12.1 Å². The van der Waals surface area contributed by atoms with Crippen LogP contribution in [0, 0.1) is 0 Å². The fraction of sp³-hybridized carbons (Fsp3) is 0.0667. The molecule has 2 aromatic rings. The van der Waals surface area contributed by atoms with Gasteiger partial charge in [-0.1, -0.05) is 35.9 Å². The molecule has 0 aliphatic heterocycles. The van der Waals surface area contributed by atoms with E-state index < -0.39 is 0 Å². The minimum absolute atomic E-state index is 0.140.